The van der Waals surface area contributed by atoms with Gasteiger partial charge in [-0.1, -0.05) is 36.4 Å². The summed E-state index contributed by atoms with van der Waals surface area (Å²) in [5.41, 5.74) is 4.70. The Labute approximate surface area is 184 Å². The van der Waals surface area contributed by atoms with Crippen LogP contribution in [0.5, 0.6) is 11.5 Å². The summed E-state index contributed by atoms with van der Waals surface area (Å²) in [4.78, 5) is 26.2. The Kier molecular flexibility index (Phi) is 8.43. The molecule has 6 nitrogen and oxygen atoms in total. The molecule has 2 aromatic carbocycles. The van der Waals surface area contributed by atoms with Crippen LogP contribution in [0.4, 0.5) is 5.69 Å². The first-order chi connectivity index (χ1) is 14.7. The predicted octanol–water partition coefficient (Wildman–Crippen LogP) is 4.30. The molecule has 0 aliphatic carbocycles. The second-order valence-corrected chi connectivity index (χ2v) is 7.36. The van der Waals surface area contributed by atoms with Crippen molar-refractivity contribution in [1.29, 1.82) is 0 Å². The average Bonchev–Trinajstić information content (AvgIpc) is 2.73. The summed E-state index contributed by atoms with van der Waals surface area (Å²) in [5.74, 6) is 0.637. The van der Waals surface area contributed by atoms with Crippen molar-refractivity contribution in [2.75, 3.05) is 32.6 Å². The molecule has 2 aromatic rings. The maximum atomic E-state index is 12.4. The van der Waals surface area contributed by atoms with Crippen molar-refractivity contribution < 1.29 is 19.1 Å². The van der Waals surface area contributed by atoms with Gasteiger partial charge in [0.1, 0.15) is 6.61 Å². The van der Waals surface area contributed by atoms with E-state index in [-0.39, 0.29) is 18.4 Å². The van der Waals surface area contributed by atoms with Gasteiger partial charge in [-0.3, -0.25) is 9.59 Å². The van der Waals surface area contributed by atoms with Gasteiger partial charge in [0, 0.05) is 18.8 Å². The minimum Gasteiger partial charge on any atom is -0.493 e. The first kappa shape index (κ1) is 23.7. The lowest BCUT2D eigenvalue weighted by atomic mass is 10.1. The molecule has 0 heterocycles. The number of carbonyl (C=O) groups is 2. The van der Waals surface area contributed by atoms with Crippen LogP contribution in [0, 0.1) is 20.8 Å². The van der Waals surface area contributed by atoms with Crippen molar-refractivity contribution in [1.82, 2.24) is 4.90 Å². The summed E-state index contributed by atoms with van der Waals surface area (Å²) in [6.07, 6.45) is 4.75. The van der Waals surface area contributed by atoms with E-state index in [9.17, 15) is 9.59 Å². The second-order valence-electron chi connectivity index (χ2n) is 7.36. The van der Waals surface area contributed by atoms with Gasteiger partial charge in [-0.25, -0.2) is 0 Å². The van der Waals surface area contributed by atoms with E-state index in [4.69, 9.17) is 9.47 Å². The predicted molar refractivity (Wildman–Crippen MR) is 125 cm³/mol. The Morgan fingerprint density at radius 3 is 2.39 bits per heavy atom. The number of carbonyl (C=O) groups excluding carboxylic acids is 2. The molecule has 0 bridgehead atoms. The van der Waals surface area contributed by atoms with Crippen molar-refractivity contribution in [2.24, 2.45) is 0 Å². The minimum atomic E-state index is -0.279. The van der Waals surface area contributed by atoms with Crippen LogP contribution in [0.15, 0.2) is 49.1 Å². The Hall–Kier alpha value is -3.54. The van der Waals surface area contributed by atoms with Gasteiger partial charge in [-0.2, -0.15) is 0 Å². The van der Waals surface area contributed by atoms with Crippen LogP contribution in [-0.2, 0) is 9.59 Å². The molecule has 164 valence electrons. The molecule has 0 saturated carbocycles. The standard InChI is InChI=1S/C25H30N2O4/c1-7-12-31-21-10-8-20(15-22(21)30-6)9-11-24(29)27(5)16-23(28)26-25-18(3)13-17(2)14-19(25)4/h7-11,13-15H,1,12,16H2,2-6H3,(H,26,28)/b11-9+. The number of hydrogen-bond donors (Lipinski definition) is 1. The van der Waals surface area contributed by atoms with Crippen LogP contribution in [0.25, 0.3) is 6.08 Å². The van der Waals surface area contributed by atoms with E-state index in [2.05, 4.69) is 11.9 Å². The third-order valence-corrected chi connectivity index (χ3v) is 4.66. The molecule has 0 unspecified atom stereocenters. The van der Waals surface area contributed by atoms with Crippen LogP contribution in [-0.4, -0.2) is 44.0 Å². The van der Waals surface area contributed by atoms with Gasteiger partial charge in [0.05, 0.1) is 13.7 Å². The number of benzene rings is 2. The summed E-state index contributed by atoms with van der Waals surface area (Å²) in [7, 11) is 3.15. The highest BCUT2D eigenvalue weighted by atomic mass is 16.5. The van der Waals surface area contributed by atoms with E-state index < -0.39 is 0 Å². The normalized spacial score (nSPS) is 10.6. The van der Waals surface area contributed by atoms with Gasteiger partial charge in [-0.05, 0) is 55.7 Å². The first-order valence-electron chi connectivity index (χ1n) is 9.97. The number of nitrogens with zero attached hydrogens (tertiary/aromatic N) is 1. The Morgan fingerprint density at radius 2 is 1.77 bits per heavy atom. The molecule has 31 heavy (non-hydrogen) atoms. The highest BCUT2D eigenvalue weighted by Crippen LogP contribution is 2.28. The highest BCUT2D eigenvalue weighted by Gasteiger charge is 2.13. The van der Waals surface area contributed by atoms with Gasteiger partial charge in [-0.15, -0.1) is 0 Å². The Morgan fingerprint density at radius 1 is 1.10 bits per heavy atom. The van der Waals surface area contributed by atoms with Crippen molar-refractivity contribution in [2.45, 2.75) is 20.8 Å². The molecule has 0 fully saturated rings. The zero-order valence-corrected chi connectivity index (χ0v) is 18.8. The first-order valence-corrected chi connectivity index (χ1v) is 9.97. The molecule has 0 radical (unpaired) electrons. The van der Waals surface area contributed by atoms with Crippen LogP contribution in [0.1, 0.15) is 22.3 Å². The maximum Gasteiger partial charge on any atom is 0.246 e. The third-order valence-electron chi connectivity index (χ3n) is 4.66. The van der Waals surface area contributed by atoms with Crippen molar-refractivity contribution in [3.8, 4) is 11.5 Å². The summed E-state index contributed by atoms with van der Waals surface area (Å²) in [6.45, 7) is 9.87. The maximum absolute atomic E-state index is 12.4. The molecule has 0 aliphatic rings. The Balaban J connectivity index is 1.99. The quantitative estimate of drug-likeness (QED) is 0.483. The number of rotatable bonds is 9. The molecule has 2 amide bonds. The zero-order valence-electron chi connectivity index (χ0n) is 18.8. The highest BCUT2D eigenvalue weighted by molar-refractivity contribution is 5.98. The largest absolute Gasteiger partial charge is 0.493 e. The third kappa shape index (κ3) is 6.74. The lowest BCUT2D eigenvalue weighted by molar-refractivity contribution is -0.129. The van der Waals surface area contributed by atoms with Crippen molar-refractivity contribution in [3.05, 3.63) is 71.3 Å². The monoisotopic (exact) mass is 422 g/mol. The van der Waals surface area contributed by atoms with Crippen LogP contribution in [0.2, 0.25) is 0 Å². The SMILES string of the molecule is C=CCOc1ccc(/C=C/C(=O)N(C)CC(=O)Nc2c(C)cc(C)cc2C)cc1OC. The number of nitrogens with one attached hydrogen (secondary N) is 1. The number of hydrogen-bond acceptors (Lipinski definition) is 4. The topological polar surface area (TPSA) is 67.9 Å². The van der Waals surface area contributed by atoms with E-state index in [0.717, 1.165) is 27.9 Å². The lowest BCUT2D eigenvalue weighted by Gasteiger charge is -2.17. The van der Waals surface area contributed by atoms with Gasteiger partial charge < -0.3 is 19.7 Å². The molecule has 0 aromatic heterocycles. The second kappa shape index (κ2) is 11.0. The number of aryl methyl sites for hydroxylation is 3. The molecule has 1 N–H and O–H groups in total. The molecule has 0 atom stereocenters. The molecule has 6 heteroatoms. The fourth-order valence-electron chi connectivity index (χ4n) is 3.20. The summed E-state index contributed by atoms with van der Waals surface area (Å²) < 4.78 is 10.9. The van der Waals surface area contributed by atoms with E-state index >= 15 is 0 Å². The summed E-state index contributed by atoms with van der Waals surface area (Å²) in [6, 6.07) is 9.40. The number of methoxy groups -OCH3 is 1. The van der Waals surface area contributed by atoms with Crippen molar-refractivity contribution in [3.63, 3.8) is 0 Å². The summed E-state index contributed by atoms with van der Waals surface area (Å²) >= 11 is 0. The van der Waals surface area contributed by atoms with Crippen LogP contribution in [0.3, 0.4) is 0 Å². The molecule has 0 spiro atoms. The van der Waals surface area contributed by atoms with Gasteiger partial charge in [0.25, 0.3) is 0 Å². The van der Waals surface area contributed by atoms with Gasteiger partial charge >= 0.3 is 0 Å². The smallest absolute Gasteiger partial charge is 0.246 e. The minimum absolute atomic E-state index is 0.0480. The van der Waals surface area contributed by atoms with E-state index in [1.54, 1.807) is 38.4 Å². The molecule has 0 saturated heterocycles. The van der Waals surface area contributed by atoms with E-state index in [1.807, 2.05) is 39.0 Å². The molecular weight excluding hydrogens is 392 g/mol. The fraction of sp³-hybridized carbons (Fsp3) is 0.280. The van der Waals surface area contributed by atoms with Crippen LogP contribution >= 0.6 is 0 Å². The molecule has 0 aliphatic heterocycles. The average molecular weight is 423 g/mol. The van der Waals surface area contributed by atoms with E-state index in [0.29, 0.717) is 18.1 Å². The molecular formula is C25H30N2O4. The number of amides is 2. The van der Waals surface area contributed by atoms with E-state index in [1.165, 1.54) is 11.0 Å². The Bertz CT molecular complexity index is 972. The summed E-state index contributed by atoms with van der Waals surface area (Å²) in [5, 5.41) is 2.91. The van der Waals surface area contributed by atoms with Gasteiger partial charge in [0.15, 0.2) is 11.5 Å². The van der Waals surface area contributed by atoms with Crippen molar-refractivity contribution >= 4 is 23.6 Å². The number of likely N-dealkylation sites (N-methyl/N-ethyl adjacent to an activating group) is 1. The number of anilines is 1. The fourth-order valence-corrected chi connectivity index (χ4v) is 3.20. The zero-order chi connectivity index (χ0) is 23.0. The van der Waals surface area contributed by atoms with Crippen LogP contribution < -0.4 is 14.8 Å². The molecule has 2 rings (SSSR count). The lowest BCUT2D eigenvalue weighted by Crippen LogP contribution is -2.34. The number of ether oxygens (including phenoxy) is 2. The van der Waals surface area contributed by atoms with Gasteiger partial charge in [0.2, 0.25) is 11.8 Å².